The van der Waals surface area contributed by atoms with Crippen molar-refractivity contribution in [2.24, 2.45) is 0 Å². The largest absolute Gasteiger partial charge is 0.471 e. The second-order valence-corrected chi connectivity index (χ2v) is 5.15. The van der Waals surface area contributed by atoms with Gasteiger partial charge in [0.25, 0.3) is 0 Å². The summed E-state index contributed by atoms with van der Waals surface area (Å²) >= 11 is 0. The first-order chi connectivity index (χ1) is 5.74. The standard InChI is InChI=1S/C2H8OSi.C2H6O.H6OSi2.H4OSi/c1-2-3-4;1-2-3;2-1-3;1-2/h2H2,1,4H3;3H,2H2,1H3;2-3H3;1H,2H3. The van der Waals surface area contributed by atoms with Crippen molar-refractivity contribution in [1.29, 1.82) is 0 Å². The Morgan fingerprint density at radius 3 is 1.17 bits per heavy atom. The third-order valence-electron chi connectivity index (χ3n) is 0.289. The second-order valence-electron chi connectivity index (χ2n) is 1.30. The zero-order valence-corrected chi connectivity index (χ0v) is 17.1. The minimum atomic E-state index is 0.250. The molecule has 0 fully saturated rings. The Hall–Kier alpha value is 0.708. The highest BCUT2D eigenvalue weighted by atomic mass is 28.3. The highest BCUT2D eigenvalue weighted by molar-refractivity contribution is 6.15. The summed E-state index contributed by atoms with van der Waals surface area (Å²) in [5, 5.41) is 7.57. The molecule has 0 aliphatic rings. The molecule has 0 atom stereocenters. The molecule has 0 rings (SSSR count). The number of aliphatic hydroxyl groups is 1. The van der Waals surface area contributed by atoms with Crippen molar-refractivity contribution in [2.75, 3.05) is 13.2 Å². The van der Waals surface area contributed by atoms with E-state index in [9.17, 15) is 0 Å². The van der Waals surface area contributed by atoms with E-state index in [1.54, 1.807) is 6.92 Å². The summed E-state index contributed by atoms with van der Waals surface area (Å²) in [4.78, 5) is 7.14. The quantitative estimate of drug-likeness (QED) is 0.457. The molecule has 0 aromatic carbocycles. The molecule has 2 N–H and O–H groups in total. The molecule has 0 saturated carbocycles. The second kappa shape index (κ2) is 60.6. The predicted molar refractivity (Wildman–Crippen MR) is 67.4 cm³/mol. The van der Waals surface area contributed by atoms with Crippen LogP contribution in [-0.2, 0) is 8.54 Å². The molecule has 80 valence electrons. The maximum atomic E-state index is 7.57. The van der Waals surface area contributed by atoms with Crippen molar-refractivity contribution in [3.05, 3.63) is 0 Å². The molecule has 0 aliphatic heterocycles. The van der Waals surface area contributed by atoms with Crippen LogP contribution in [0.4, 0.5) is 0 Å². The SMILES string of the molecule is CCO.CCO[SiH3].O[SiH3].[SiH3]O[SiH3]. The minimum Gasteiger partial charge on any atom is -0.471 e. The molecule has 12 heavy (non-hydrogen) atoms. The predicted octanol–water partition coefficient (Wildman–Crippen LogP) is -4.88. The lowest BCUT2D eigenvalue weighted by Crippen LogP contribution is -1.76. The fourth-order valence-electron chi connectivity index (χ4n) is 0. The van der Waals surface area contributed by atoms with Crippen LogP contribution in [0.2, 0.25) is 0 Å². The van der Waals surface area contributed by atoms with E-state index >= 15 is 0 Å². The normalized spacial score (nSPS) is 7.00. The molecule has 8 heteroatoms. The van der Waals surface area contributed by atoms with Crippen molar-refractivity contribution < 1.29 is 18.4 Å². The summed E-state index contributed by atoms with van der Waals surface area (Å²) in [6.45, 7) is 4.80. The number of rotatable bonds is 1. The Balaban J connectivity index is -0.0000000368. The third kappa shape index (κ3) is 346. The molecular weight excluding hydrogens is 224 g/mol. The van der Waals surface area contributed by atoms with Crippen molar-refractivity contribution >= 4 is 41.9 Å². The summed E-state index contributed by atoms with van der Waals surface area (Å²) in [5.41, 5.74) is 0. The maximum absolute atomic E-state index is 7.57. The molecule has 0 spiro atoms. The van der Waals surface area contributed by atoms with E-state index in [1.165, 1.54) is 0 Å². The Kier molecular flexibility index (Phi) is 116. The molecule has 0 aromatic rings. The molecular formula is C4H24O4Si4. The van der Waals surface area contributed by atoms with Crippen molar-refractivity contribution in [3.63, 3.8) is 0 Å². The van der Waals surface area contributed by atoms with Gasteiger partial charge in [-0.3, -0.25) is 0 Å². The molecule has 0 aliphatic carbocycles. The lowest BCUT2D eigenvalue weighted by Gasteiger charge is -1.77. The fraction of sp³-hybridized carbons (Fsp3) is 1.00. The van der Waals surface area contributed by atoms with Crippen LogP contribution >= 0.6 is 0 Å². The summed E-state index contributed by atoms with van der Waals surface area (Å²) < 4.78 is 9.21. The summed E-state index contributed by atoms with van der Waals surface area (Å²) in [6.07, 6.45) is 0. The van der Waals surface area contributed by atoms with Gasteiger partial charge < -0.3 is 18.4 Å². The Bertz CT molecular complexity index is 31.0. The monoisotopic (exact) mass is 248 g/mol. The molecule has 0 heterocycles. The summed E-state index contributed by atoms with van der Waals surface area (Å²) in [7, 11) is 3.06. The zero-order valence-electron chi connectivity index (χ0n) is 9.13. The molecule has 4 nitrogen and oxygen atoms in total. The van der Waals surface area contributed by atoms with Gasteiger partial charge >= 0.3 is 0 Å². The van der Waals surface area contributed by atoms with Gasteiger partial charge in [0, 0.05) is 13.2 Å². The van der Waals surface area contributed by atoms with Crippen LogP contribution in [-0.4, -0.2) is 65.1 Å². The Labute approximate surface area is 87.8 Å². The highest BCUT2D eigenvalue weighted by Gasteiger charge is 1.51. The third-order valence-corrected chi connectivity index (χ3v) is 0.866. The van der Waals surface area contributed by atoms with Gasteiger partial charge in [-0.1, -0.05) is 0 Å². The molecule has 0 radical (unpaired) electrons. The molecule has 0 aromatic heterocycles. The van der Waals surface area contributed by atoms with Crippen molar-refractivity contribution in [3.8, 4) is 0 Å². The number of hydrogen-bond donors (Lipinski definition) is 2. The lowest BCUT2D eigenvalue weighted by atomic mass is 10.9. The summed E-state index contributed by atoms with van der Waals surface area (Å²) in [5.74, 6) is 0. The molecule has 0 amide bonds. The first kappa shape index (κ1) is 23.0. The van der Waals surface area contributed by atoms with Crippen LogP contribution in [0.15, 0.2) is 0 Å². The van der Waals surface area contributed by atoms with E-state index in [0.717, 1.165) is 38.1 Å². The van der Waals surface area contributed by atoms with Gasteiger partial charge in [0.1, 0.15) is 41.9 Å². The van der Waals surface area contributed by atoms with Gasteiger partial charge in [0.2, 0.25) is 0 Å². The number of hydrogen-bond acceptors (Lipinski definition) is 4. The van der Waals surface area contributed by atoms with E-state index in [4.69, 9.17) is 9.90 Å². The molecule has 0 unspecified atom stereocenters. The fourth-order valence-corrected chi connectivity index (χ4v) is 0. The van der Waals surface area contributed by atoms with Gasteiger partial charge in [-0.15, -0.1) is 0 Å². The summed E-state index contributed by atoms with van der Waals surface area (Å²) in [6, 6.07) is 0. The van der Waals surface area contributed by atoms with Crippen molar-refractivity contribution in [1.82, 2.24) is 0 Å². The lowest BCUT2D eigenvalue weighted by molar-refractivity contribution is 0.318. The number of aliphatic hydroxyl groups excluding tert-OH is 1. The topological polar surface area (TPSA) is 58.9 Å². The highest BCUT2D eigenvalue weighted by Crippen LogP contribution is 1.50. The van der Waals surface area contributed by atoms with Crippen LogP contribution in [0.25, 0.3) is 0 Å². The van der Waals surface area contributed by atoms with E-state index in [0.29, 0.717) is 10.5 Å². The minimum absolute atomic E-state index is 0.250. The maximum Gasteiger partial charge on any atom is 0.145 e. The molecule has 0 saturated heterocycles. The average molecular weight is 249 g/mol. The van der Waals surface area contributed by atoms with E-state index < -0.39 is 0 Å². The van der Waals surface area contributed by atoms with Crippen LogP contribution in [0.3, 0.4) is 0 Å². The van der Waals surface area contributed by atoms with E-state index in [2.05, 4.69) is 8.54 Å². The smallest absolute Gasteiger partial charge is 0.145 e. The van der Waals surface area contributed by atoms with Gasteiger partial charge in [-0.2, -0.15) is 0 Å². The van der Waals surface area contributed by atoms with Crippen LogP contribution < -0.4 is 0 Å². The zero-order chi connectivity index (χ0) is 10.8. The van der Waals surface area contributed by atoms with Gasteiger partial charge in [0.05, 0.1) is 0 Å². The van der Waals surface area contributed by atoms with Crippen LogP contribution in [0, 0.1) is 0 Å². The average Bonchev–Trinajstić information content (AvgIpc) is 2.10. The van der Waals surface area contributed by atoms with Gasteiger partial charge in [-0.05, 0) is 13.8 Å². The van der Waals surface area contributed by atoms with Gasteiger partial charge in [-0.25, -0.2) is 0 Å². The Morgan fingerprint density at radius 2 is 1.17 bits per heavy atom. The first-order valence-electron chi connectivity index (χ1n) is 3.69. The van der Waals surface area contributed by atoms with Gasteiger partial charge in [0.15, 0.2) is 0 Å². The first-order valence-corrected chi connectivity index (χ1v) is 7.03. The van der Waals surface area contributed by atoms with Crippen molar-refractivity contribution in [2.45, 2.75) is 13.8 Å². The van der Waals surface area contributed by atoms with E-state index in [1.807, 2.05) is 6.92 Å². The van der Waals surface area contributed by atoms with Crippen LogP contribution in [0.1, 0.15) is 13.8 Å². The van der Waals surface area contributed by atoms with Crippen LogP contribution in [0.5, 0.6) is 0 Å². The van der Waals surface area contributed by atoms with E-state index in [-0.39, 0.29) is 6.61 Å². The Morgan fingerprint density at radius 1 is 1.08 bits per heavy atom. The molecule has 0 bridgehead atoms.